The molecule has 0 aliphatic heterocycles. The zero-order valence-electron chi connectivity index (χ0n) is 8.21. The molecular formula is C9H21Cl2P. The first-order valence-electron chi connectivity index (χ1n) is 4.79. The van der Waals surface area contributed by atoms with Crippen LogP contribution in [0.4, 0.5) is 0 Å². The highest BCUT2D eigenvalue weighted by Gasteiger charge is 1.85. The Hall–Kier alpha value is 1.01. The molecule has 0 saturated carbocycles. The van der Waals surface area contributed by atoms with E-state index in [9.17, 15) is 0 Å². The number of unbranched alkanes of at least 4 members (excludes halogenated alkanes) is 6. The van der Waals surface area contributed by atoms with Crippen molar-refractivity contribution in [1.29, 1.82) is 0 Å². The average molecular weight is 231 g/mol. The summed E-state index contributed by atoms with van der Waals surface area (Å²) in [4.78, 5) is 0. The Bertz CT molecular complexity index is 54.5. The van der Waals surface area contributed by atoms with E-state index in [0.29, 0.717) is 0 Å². The number of rotatable bonds is 6. The molecule has 0 nitrogen and oxygen atoms in total. The van der Waals surface area contributed by atoms with Gasteiger partial charge in [0.05, 0.1) is 7.29 Å². The van der Waals surface area contributed by atoms with Crippen molar-refractivity contribution in [1.82, 2.24) is 0 Å². The van der Waals surface area contributed by atoms with Crippen molar-refractivity contribution < 1.29 is 0 Å². The van der Waals surface area contributed by atoms with Crippen molar-refractivity contribution in [3.8, 4) is 0 Å². The standard InChI is InChI=1S/C9H20.Cl2HP/c1-3-5-7-9-8-6-4-2;1-3-2/h3-9H2,1-2H3;3H. The highest BCUT2D eigenvalue weighted by molar-refractivity contribution is 7.90. The minimum Gasteiger partial charge on any atom is -0.0818 e. The van der Waals surface area contributed by atoms with Crippen molar-refractivity contribution in [3.05, 3.63) is 0 Å². The summed E-state index contributed by atoms with van der Waals surface area (Å²) in [5.74, 6) is 0. The Morgan fingerprint density at radius 3 is 1.25 bits per heavy atom. The maximum atomic E-state index is 4.79. The van der Waals surface area contributed by atoms with Crippen molar-refractivity contribution in [3.63, 3.8) is 0 Å². The van der Waals surface area contributed by atoms with Crippen LogP contribution in [-0.2, 0) is 0 Å². The molecule has 0 aromatic rings. The molecule has 0 aliphatic rings. The summed E-state index contributed by atoms with van der Waals surface area (Å²) >= 11 is 9.58. The molecule has 0 bridgehead atoms. The molecule has 76 valence electrons. The lowest BCUT2D eigenvalue weighted by Gasteiger charge is -1.96. The molecule has 0 fully saturated rings. The fourth-order valence-corrected chi connectivity index (χ4v) is 1.03. The highest BCUT2D eigenvalue weighted by Crippen LogP contribution is 2.19. The Morgan fingerprint density at radius 2 is 1.00 bits per heavy atom. The predicted octanol–water partition coefficient (Wildman–Crippen LogP) is 5.73. The van der Waals surface area contributed by atoms with Gasteiger partial charge in [-0.25, -0.2) is 0 Å². The van der Waals surface area contributed by atoms with Gasteiger partial charge in [-0.3, -0.25) is 0 Å². The van der Waals surface area contributed by atoms with Gasteiger partial charge < -0.3 is 0 Å². The Labute approximate surface area is 88.8 Å². The minimum atomic E-state index is 0.0278. The van der Waals surface area contributed by atoms with E-state index in [1.807, 2.05) is 0 Å². The van der Waals surface area contributed by atoms with Crippen LogP contribution in [0.25, 0.3) is 0 Å². The molecule has 0 radical (unpaired) electrons. The van der Waals surface area contributed by atoms with Gasteiger partial charge in [0.2, 0.25) is 0 Å². The molecule has 0 atom stereocenters. The summed E-state index contributed by atoms with van der Waals surface area (Å²) in [6.07, 6.45) is 9.97. The molecule has 0 amide bonds. The molecule has 12 heavy (non-hydrogen) atoms. The van der Waals surface area contributed by atoms with E-state index < -0.39 is 0 Å². The first-order chi connectivity index (χ1) is 5.83. The van der Waals surface area contributed by atoms with E-state index in [1.165, 1.54) is 44.9 Å². The third-order valence-corrected chi connectivity index (χ3v) is 1.71. The molecule has 0 aliphatic carbocycles. The Morgan fingerprint density at radius 1 is 0.750 bits per heavy atom. The van der Waals surface area contributed by atoms with Crippen molar-refractivity contribution in [2.24, 2.45) is 0 Å². The SMILES string of the molecule is CCCCCCCCC.ClPCl. The van der Waals surface area contributed by atoms with Crippen LogP contribution in [0.15, 0.2) is 0 Å². The van der Waals surface area contributed by atoms with Crippen LogP contribution in [-0.4, -0.2) is 0 Å². The van der Waals surface area contributed by atoms with E-state index in [4.69, 9.17) is 22.5 Å². The van der Waals surface area contributed by atoms with Crippen molar-refractivity contribution in [2.45, 2.75) is 58.8 Å². The van der Waals surface area contributed by atoms with Gasteiger partial charge in [-0.2, -0.15) is 0 Å². The fourth-order valence-electron chi connectivity index (χ4n) is 1.03. The third kappa shape index (κ3) is 22.5. The molecule has 0 unspecified atom stereocenters. The molecule has 0 N–H and O–H groups in total. The monoisotopic (exact) mass is 230 g/mol. The van der Waals surface area contributed by atoms with E-state index in [1.54, 1.807) is 0 Å². The summed E-state index contributed by atoms with van der Waals surface area (Å²) < 4.78 is 0. The summed E-state index contributed by atoms with van der Waals surface area (Å²) in [6.45, 7) is 4.53. The van der Waals surface area contributed by atoms with Crippen LogP contribution in [0.5, 0.6) is 0 Å². The summed E-state index contributed by atoms with van der Waals surface area (Å²) in [7, 11) is 0.0278. The summed E-state index contributed by atoms with van der Waals surface area (Å²) in [5.41, 5.74) is 0. The van der Waals surface area contributed by atoms with E-state index in [-0.39, 0.29) is 7.29 Å². The van der Waals surface area contributed by atoms with Gasteiger partial charge in [0.1, 0.15) is 0 Å². The molecule has 0 aromatic heterocycles. The number of halogens is 2. The first kappa shape index (κ1) is 15.5. The fraction of sp³-hybridized carbons (Fsp3) is 1.00. The second-order valence-electron chi connectivity index (χ2n) is 2.84. The second kappa shape index (κ2) is 17.9. The molecule has 0 aromatic carbocycles. The van der Waals surface area contributed by atoms with E-state index in [2.05, 4.69) is 13.8 Å². The van der Waals surface area contributed by atoms with Crippen LogP contribution < -0.4 is 0 Å². The van der Waals surface area contributed by atoms with Gasteiger partial charge in [0, 0.05) is 0 Å². The maximum absolute atomic E-state index is 4.79. The van der Waals surface area contributed by atoms with Crippen LogP contribution in [0.3, 0.4) is 0 Å². The maximum Gasteiger partial charge on any atom is 0.0713 e. The third-order valence-electron chi connectivity index (χ3n) is 1.71. The number of hydrogen-bond donors (Lipinski definition) is 0. The van der Waals surface area contributed by atoms with Gasteiger partial charge in [0.15, 0.2) is 0 Å². The quantitative estimate of drug-likeness (QED) is 0.404. The van der Waals surface area contributed by atoms with Crippen LogP contribution >= 0.6 is 29.8 Å². The smallest absolute Gasteiger partial charge is 0.0713 e. The predicted molar refractivity (Wildman–Crippen MR) is 63.7 cm³/mol. The highest BCUT2D eigenvalue weighted by atomic mass is 35.9. The van der Waals surface area contributed by atoms with E-state index in [0.717, 1.165) is 0 Å². The van der Waals surface area contributed by atoms with Crippen LogP contribution in [0.2, 0.25) is 0 Å². The second-order valence-corrected chi connectivity index (χ2v) is 4.70. The molecule has 0 rings (SSSR count). The zero-order chi connectivity index (χ0) is 9.66. The molecule has 0 heterocycles. The van der Waals surface area contributed by atoms with Gasteiger partial charge in [-0.15, -0.1) is 0 Å². The lowest BCUT2D eigenvalue weighted by Crippen LogP contribution is -1.76. The summed E-state index contributed by atoms with van der Waals surface area (Å²) in [6, 6.07) is 0. The van der Waals surface area contributed by atoms with Gasteiger partial charge in [-0.05, 0) is 0 Å². The molecule has 3 heteroatoms. The lowest BCUT2D eigenvalue weighted by molar-refractivity contribution is 0.602. The summed E-state index contributed by atoms with van der Waals surface area (Å²) in [5, 5.41) is 0. The number of hydrogen-bond acceptors (Lipinski definition) is 0. The van der Waals surface area contributed by atoms with Gasteiger partial charge in [-0.1, -0.05) is 81.3 Å². The minimum absolute atomic E-state index is 0.0278. The van der Waals surface area contributed by atoms with Crippen molar-refractivity contribution in [2.75, 3.05) is 0 Å². The Balaban J connectivity index is 0. The van der Waals surface area contributed by atoms with Gasteiger partial charge in [0.25, 0.3) is 0 Å². The zero-order valence-corrected chi connectivity index (χ0v) is 10.7. The molecular weight excluding hydrogens is 210 g/mol. The lowest BCUT2D eigenvalue weighted by atomic mass is 10.1. The van der Waals surface area contributed by atoms with Crippen LogP contribution in [0, 0.1) is 0 Å². The van der Waals surface area contributed by atoms with Crippen LogP contribution in [0.1, 0.15) is 58.8 Å². The molecule has 0 spiro atoms. The normalized spacial score (nSPS) is 9.00. The Kier molecular flexibility index (Phi) is 23.1. The largest absolute Gasteiger partial charge is 0.0818 e. The van der Waals surface area contributed by atoms with Crippen molar-refractivity contribution >= 4 is 29.8 Å². The first-order valence-corrected chi connectivity index (χ1v) is 7.82. The van der Waals surface area contributed by atoms with E-state index >= 15 is 0 Å². The molecule has 0 saturated heterocycles. The average Bonchev–Trinajstić information content (AvgIpc) is 2.06. The topological polar surface area (TPSA) is 0 Å². The van der Waals surface area contributed by atoms with Gasteiger partial charge >= 0.3 is 0 Å².